The highest BCUT2D eigenvalue weighted by Gasteiger charge is 2.65. The summed E-state index contributed by atoms with van der Waals surface area (Å²) in [5, 5.41) is 9.50. The number of rotatable bonds is 2. The van der Waals surface area contributed by atoms with E-state index in [1.807, 2.05) is 24.3 Å². The van der Waals surface area contributed by atoms with Gasteiger partial charge in [0.15, 0.2) is 0 Å². The van der Waals surface area contributed by atoms with Crippen molar-refractivity contribution < 1.29 is 9.90 Å². The normalized spacial score (nSPS) is 23.8. The Bertz CT molecular complexity index is 455. The molecule has 3 heteroatoms. The molecule has 16 heavy (non-hydrogen) atoms. The minimum Gasteiger partial charge on any atom is -0.481 e. The van der Waals surface area contributed by atoms with Gasteiger partial charge in [0, 0.05) is 4.47 Å². The Morgan fingerprint density at radius 3 is 2.38 bits per heavy atom. The maximum Gasteiger partial charge on any atom is 0.314 e. The molecule has 1 aromatic carbocycles. The second-order valence-corrected chi connectivity index (χ2v) is 6.07. The third-order valence-corrected chi connectivity index (χ3v) is 4.80. The van der Waals surface area contributed by atoms with Gasteiger partial charge in [-0.1, -0.05) is 34.1 Å². The molecule has 0 aromatic heterocycles. The smallest absolute Gasteiger partial charge is 0.314 e. The van der Waals surface area contributed by atoms with Crippen LogP contribution in [-0.4, -0.2) is 11.1 Å². The second-order valence-electron chi connectivity index (χ2n) is 5.22. The molecule has 2 nitrogen and oxygen atoms in total. The van der Waals surface area contributed by atoms with E-state index in [-0.39, 0.29) is 0 Å². The number of hydrogen-bond acceptors (Lipinski definition) is 1. The topological polar surface area (TPSA) is 37.3 Å². The summed E-state index contributed by atoms with van der Waals surface area (Å²) in [6, 6.07) is 7.71. The summed E-state index contributed by atoms with van der Waals surface area (Å²) in [5.41, 5.74) is 0.699. The Hall–Kier alpha value is -0.830. The Morgan fingerprint density at radius 2 is 1.88 bits per heavy atom. The van der Waals surface area contributed by atoms with Gasteiger partial charge in [-0.05, 0) is 42.7 Å². The van der Waals surface area contributed by atoms with Crippen LogP contribution in [0.15, 0.2) is 28.7 Å². The summed E-state index contributed by atoms with van der Waals surface area (Å²) in [5.74, 6) is -0.670. The lowest BCUT2D eigenvalue weighted by atomic mass is 9.56. The molecule has 0 heterocycles. The van der Waals surface area contributed by atoms with E-state index in [1.165, 1.54) is 12.8 Å². The molecule has 0 saturated heterocycles. The summed E-state index contributed by atoms with van der Waals surface area (Å²) in [7, 11) is 0. The highest BCUT2D eigenvalue weighted by atomic mass is 79.9. The van der Waals surface area contributed by atoms with E-state index in [0.717, 1.165) is 22.9 Å². The van der Waals surface area contributed by atoms with Crippen LogP contribution < -0.4 is 0 Å². The number of halogens is 1. The summed E-state index contributed by atoms with van der Waals surface area (Å²) in [6.07, 6.45) is 4.06. The Balaban J connectivity index is 2.02. The number of hydrogen-bond donors (Lipinski definition) is 1. The lowest BCUT2D eigenvalue weighted by Gasteiger charge is -2.46. The molecule has 2 aliphatic carbocycles. The van der Waals surface area contributed by atoms with Crippen LogP contribution in [0.3, 0.4) is 0 Å². The van der Waals surface area contributed by atoms with E-state index in [1.54, 1.807) is 0 Å². The van der Waals surface area contributed by atoms with Crippen LogP contribution in [0.1, 0.15) is 31.2 Å². The fourth-order valence-electron chi connectivity index (χ4n) is 3.07. The van der Waals surface area contributed by atoms with E-state index in [0.29, 0.717) is 5.41 Å². The summed E-state index contributed by atoms with van der Waals surface area (Å²) in [4.78, 5) is 11.6. The zero-order valence-corrected chi connectivity index (χ0v) is 10.5. The van der Waals surface area contributed by atoms with E-state index >= 15 is 0 Å². The van der Waals surface area contributed by atoms with Gasteiger partial charge in [0.2, 0.25) is 0 Å². The van der Waals surface area contributed by atoms with Gasteiger partial charge < -0.3 is 5.11 Å². The van der Waals surface area contributed by atoms with Crippen LogP contribution in [0.2, 0.25) is 0 Å². The highest BCUT2D eigenvalue weighted by molar-refractivity contribution is 9.10. The predicted octanol–water partition coefficient (Wildman–Crippen LogP) is 3.35. The van der Waals surface area contributed by atoms with Crippen molar-refractivity contribution in [3.63, 3.8) is 0 Å². The maximum absolute atomic E-state index is 11.6. The van der Waals surface area contributed by atoms with Gasteiger partial charge in [0.05, 0.1) is 5.41 Å². The number of carboxylic acid groups (broad SMARTS) is 1. The molecular weight excluding hydrogens is 268 g/mol. The van der Waals surface area contributed by atoms with Crippen molar-refractivity contribution in [1.29, 1.82) is 0 Å². The van der Waals surface area contributed by atoms with Gasteiger partial charge >= 0.3 is 5.97 Å². The third-order valence-electron chi connectivity index (χ3n) is 4.11. The summed E-state index contributed by atoms with van der Waals surface area (Å²) >= 11 is 3.47. The molecule has 2 aliphatic rings. The monoisotopic (exact) mass is 280 g/mol. The molecular formula is C13H13BrO2. The molecule has 2 saturated carbocycles. The van der Waals surface area contributed by atoms with Gasteiger partial charge in [0.25, 0.3) is 0 Å². The van der Waals surface area contributed by atoms with Crippen LogP contribution >= 0.6 is 15.9 Å². The van der Waals surface area contributed by atoms with Crippen molar-refractivity contribution in [1.82, 2.24) is 0 Å². The molecule has 0 amide bonds. The van der Waals surface area contributed by atoms with Crippen LogP contribution in [-0.2, 0) is 10.2 Å². The van der Waals surface area contributed by atoms with Crippen LogP contribution in [0, 0.1) is 5.41 Å². The first-order chi connectivity index (χ1) is 7.58. The number of aliphatic carboxylic acids is 1. The first-order valence-electron chi connectivity index (χ1n) is 5.57. The molecule has 1 spiro atoms. The first-order valence-corrected chi connectivity index (χ1v) is 6.36. The van der Waals surface area contributed by atoms with Crippen LogP contribution in [0.5, 0.6) is 0 Å². The Kier molecular flexibility index (Phi) is 2.00. The lowest BCUT2D eigenvalue weighted by molar-refractivity contribution is -0.150. The van der Waals surface area contributed by atoms with Gasteiger partial charge in [0.1, 0.15) is 0 Å². The summed E-state index contributed by atoms with van der Waals surface area (Å²) < 4.78 is 0.924. The SMILES string of the molecule is O=C(O)C1(c2ccccc2Br)CC2(CC2)C1. The lowest BCUT2D eigenvalue weighted by Crippen LogP contribution is -2.49. The quantitative estimate of drug-likeness (QED) is 0.902. The van der Waals surface area contributed by atoms with Gasteiger partial charge in [-0.25, -0.2) is 0 Å². The Labute approximate surface area is 103 Å². The van der Waals surface area contributed by atoms with Gasteiger partial charge in [-0.3, -0.25) is 4.79 Å². The van der Waals surface area contributed by atoms with Crippen molar-refractivity contribution in [3.8, 4) is 0 Å². The van der Waals surface area contributed by atoms with Crippen molar-refractivity contribution >= 4 is 21.9 Å². The molecule has 3 rings (SSSR count). The molecule has 0 aliphatic heterocycles. The average Bonchev–Trinajstić information content (AvgIpc) is 2.95. The fourth-order valence-corrected chi connectivity index (χ4v) is 3.73. The molecule has 0 unspecified atom stereocenters. The minimum absolute atomic E-state index is 0.383. The standard InChI is InChI=1S/C13H13BrO2/c14-10-4-2-1-3-9(10)13(11(15)16)7-12(8-13)5-6-12/h1-4H,5-8H2,(H,15,16). The van der Waals surface area contributed by atoms with Crippen molar-refractivity contribution in [2.45, 2.75) is 31.1 Å². The average molecular weight is 281 g/mol. The van der Waals surface area contributed by atoms with Gasteiger partial charge in [-0.15, -0.1) is 0 Å². The van der Waals surface area contributed by atoms with Crippen LogP contribution in [0.4, 0.5) is 0 Å². The minimum atomic E-state index is -0.670. The van der Waals surface area contributed by atoms with E-state index < -0.39 is 11.4 Å². The predicted molar refractivity (Wildman–Crippen MR) is 64.4 cm³/mol. The molecule has 2 fully saturated rings. The Morgan fingerprint density at radius 1 is 1.25 bits per heavy atom. The third kappa shape index (κ3) is 1.27. The van der Waals surface area contributed by atoms with Crippen molar-refractivity contribution in [3.05, 3.63) is 34.3 Å². The molecule has 84 valence electrons. The zero-order chi connectivity index (χ0) is 11.4. The molecule has 0 radical (unpaired) electrons. The van der Waals surface area contributed by atoms with Crippen LogP contribution in [0.25, 0.3) is 0 Å². The van der Waals surface area contributed by atoms with E-state index in [9.17, 15) is 9.90 Å². The summed E-state index contributed by atoms with van der Waals surface area (Å²) in [6.45, 7) is 0. The van der Waals surface area contributed by atoms with Gasteiger partial charge in [-0.2, -0.15) is 0 Å². The number of carbonyl (C=O) groups is 1. The molecule has 0 bridgehead atoms. The maximum atomic E-state index is 11.6. The zero-order valence-electron chi connectivity index (χ0n) is 8.87. The molecule has 1 aromatic rings. The number of benzene rings is 1. The van der Waals surface area contributed by atoms with E-state index in [2.05, 4.69) is 15.9 Å². The largest absolute Gasteiger partial charge is 0.481 e. The fraction of sp³-hybridized carbons (Fsp3) is 0.462. The molecule has 0 atom stereocenters. The second kappa shape index (κ2) is 3.10. The van der Waals surface area contributed by atoms with Crippen molar-refractivity contribution in [2.24, 2.45) is 5.41 Å². The van der Waals surface area contributed by atoms with E-state index in [4.69, 9.17) is 0 Å². The van der Waals surface area contributed by atoms with Crippen molar-refractivity contribution in [2.75, 3.05) is 0 Å². The first kappa shape index (κ1) is 10.3. The number of carboxylic acids is 1. The molecule has 1 N–H and O–H groups in total. The highest BCUT2D eigenvalue weighted by Crippen LogP contribution is 2.69.